The molecule has 4 rings (SSSR count). The summed E-state index contributed by atoms with van der Waals surface area (Å²) in [4.78, 5) is 0.224. The molecule has 5 nitrogen and oxygen atoms in total. The summed E-state index contributed by atoms with van der Waals surface area (Å²) in [5, 5.41) is 13.9. The highest BCUT2D eigenvalue weighted by molar-refractivity contribution is 7.90. The Bertz CT molecular complexity index is 1230. The first-order chi connectivity index (χ1) is 13.0. The van der Waals surface area contributed by atoms with Crippen LogP contribution in [0.5, 0.6) is 0 Å². The molecule has 0 amide bonds. The van der Waals surface area contributed by atoms with Gasteiger partial charge in [-0.2, -0.15) is 4.73 Å². The second-order valence-electron chi connectivity index (χ2n) is 6.59. The van der Waals surface area contributed by atoms with Crippen molar-refractivity contribution >= 4 is 31.8 Å². The van der Waals surface area contributed by atoms with Gasteiger partial charge in [0.1, 0.15) is 0 Å². The van der Waals surface area contributed by atoms with Gasteiger partial charge >= 0.3 is 0 Å². The van der Waals surface area contributed by atoms with E-state index in [0.717, 1.165) is 23.0 Å². The van der Waals surface area contributed by atoms with Crippen molar-refractivity contribution in [3.05, 3.63) is 77.8 Å². The Labute approximate surface area is 158 Å². The van der Waals surface area contributed by atoms with Gasteiger partial charge in [-0.3, -0.25) is 0 Å². The molecule has 0 aliphatic heterocycles. The molecule has 27 heavy (non-hydrogen) atoms. The van der Waals surface area contributed by atoms with Crippen molar-refractivity contribution in [1.29, 1.82) is 0 Å². The molecule has 2 heterocycles. The van der Waals surface area contributed by atoms with E-state index in [4.69, 9.17) is 0 Å². The molecule has 0 bridgehead atoms. The summed E-state index contributed by atoms with van der Waals surface area (Å²) in [6, 6.07) is 17.4. The molecule has 2 aromatic heterocycles. The number of benzene rings is 2. The number of fused-ring (bicyclic) bond motifs is 3. The van der Waals surface area contributed by atoms with E-state index in [-0.39, 0.29) is 4.90 Å². The van der Waals surface area contributed by atoms with E-state index in [1.54, 1.807) is 42.5 Å². The van der Waals surface area contributed by atoms with Gasteiger partial charge in [0.05, 0.1) is 21.3 Å². The quantitative estimate of drug-likeness (QED) is 0.388. The van der Waals surface area contributed by atoms with E-state index in [2.05, 4.69) is 6.92 Å². The summed E-state index contributed by atoms with van der Waals surface area (Å²) in [5.41, 5.74) is 1.69. The molecule has 0 aliphatic rings. The van der Waals surface area contributed by atoms with Crippen LogP contribution in [0.2, 0.25) is 0 Å². The molecule has 0 radical (unpaired) electrons. The molecule has 0 N–H and O–H groups in total. The Morgan fingerprint density at radius 3 is 2.41 bits per heavy atom. The largest absolute Gasteiger partial charge is 0.618 e. The minimum Gasteiger partial charge on any atom is -0.618 e. The highest BCUT2D eigenvalue weighted by Gasteiger charge is 2.25. The van der Waals surface area contributed by atoms with Crippen molar-refractivity contribution in [3.63, 3.8) is 0 Å². The molecular formula is C21H20N2O3S. The Balaban J connectivity index is 2.08. The summed E-state index contributed by atoms with van der Waals surface area (Å²) in [6.45, 7) is 2.06. The van der Waals surface area contributed by atoms with Gasteiger partial charge < -0.3 is 5.21 Å². The average molecular weight is 380 g/mol. The minimum absolute atomic E-state index is 0.224. The van der Waals surface area contributed by atoms with Gasteiger partial charge in [-0.25, -0.2) is 12.4 Å². The van der Waals surface area contributed by atoms with Crippen molar-refractivity contribution in [3.8, 4) is 0 Å². The van der Waals surface area contributed by atoms with Crippen molar-refractivity contribution in [1.82, 2.24) is 3.97 Å². The average Bonchev–Trinajstić information content (AvgIpc) is 3.01. The zero-order valence-corrected chi connectivity index (χ0v) is 15.8. The molecule has 6 heteroatoms. The molecule has 0 unspecified atom stereocenters. The van der Waals surface area contributed by atoms with Crippen molar-refractivity contribution in [2.24, 2.45) is 0 Å². The normalized spacial score (nSPS) is 12.0. The van der Waals surface area contributed by atoms with E-state index in [1.165, 1.54) is 10.2 Å². The van der Waals surface area contributed by atoms with Crippen LogP contribution < -0.4 is 4.73 Å². The summed E-state index contributed by atoms with van der Waals surface area (Å²) in [5.74, 6) is 0. The Morgan fingerprint density at radius 2 is 1.67 bits per heavy atom. The van der Waals surface area contributed by atoms with Gasteiger partial charge in [-0.1, -0.05) is 49.7 Å². The van der Waals surface area contributed by atoms with Gasteiger partial charge in [0, 0.05) is 17.9 Å². The molecular weight excluding hydrogens is 360 g/mol. The number of rotatable bonds is 5. The predicted molar refractivity (Wildman–Crippen MR) is 106 cm³/mol. The van der Waals surface area contributed by atoms with Crippen LogP contribution in [0.3, 0.4) is 0 Å². The highest BCUT2D eigenvalue weighted by atomic mass is 32.2. The lowest BCUT2D eigenvalue weighted by molar-refractivity contribution is -0.612. The number of nitrogens with zero attached hydrogens (tertiary/aromatic N) is 2. The zero-order valence-electron chi connectivity index (χ0n) is 15.0. The second kappa shape index (κ2) is 6.70. The molecule has 0 saturated heterocycles. The van der Waals surface area contributed by atoms with Crippen LogP contribution in [-0.2, 0) is 16.4 Å². The molecule has 0 saturated carbocycles. The van der Waals surface area contributed by atoms with Gasteiger partial charge in [0.2, 0.25) is 0 Å². The first-order valence-electron chi connectivity index (χ1n) is 9.00. The van der Waals surface area contributed by atoms with E-state index in [9.17, 15) is 13.6 Å². The first-order valence-corrected chi connectivity index (χ1v) is 10.4. The number of aryl methyl sites for hydroxylation is 1. The first kappa shape index (κ1) is 17.5. The highest BCUT2D eigenvalue weighted by Crippen LogP contribution is 2.32. The van der Waals surface area contributed by atoms with Crippen LogP contribution in [0.15, 0.2) is 71.8 Å². The maximum Gasteiger partial charge on any atom is 0.268 e. The summed E-state index contributed by atoms with van der Waals surface area (Å²) < 4.78 is 29.1. The lowest BCUT2D eigenvalue weighted by Crippen LogP contribution is -2.31. The van der Waals surface area contributed by atoms with E-state index < -0.39 is 10.0 Å². The van der Waals surface area contributed by atoms with E-state index >= 15 is 0 Å². The molecule has 2 aromatic carbocycles. The third-order valence-electron chi connectivity index (χ3n) is 4.81. The van der Waals surface area contributed by atoms with Crippen LogP contribution in [0, 0.1) is 5.21 Å². The van der Waals surface area contributed by atoms with Crippen LogP contribution in [-0.4, -0.2) is 12.4 Å². The molecule has 4 aromatic rings. The smallest absolute Gasteiger partial charge is 0.268 e. The third kappa shape index (κ3) is 2.86. The fraction of sp³-hybridized carbons (Fsp3) is 0.190. The summed E-state index contributed by atoms with van der Waals surface area (Å²) in [6.07, 6.45) is 3.95. The number of aromatic nitrogens is 2. The number of unbranched alkanes of at least 4 members (excludes halogenated alkanes) is 1. The third-order valence-corrected chi connectivity index (χ3v) is 6.55. The SMILES string of the molecule is CCCCc1cc2c(c[n+]1[O-])c1ccccc1n2S(=O)(=O)c1ccccc1. The topological polar surface area (TPSA) is 66.0 Å². The minimum atomic E-state index is -3.79. The van der Waals surface area contributed by atoms with E-state index in [1.807, 2.05) is 18.2 Å². The lowest BCUT2D eigenvalue weighted by atomic mass is 10.1. The molecule has 138 valence electrons. The fourth-order valence-electron chi connectivity index (χ4n) is 3.45. The fourth-order valence-corrected chi connectivity index (χ4v) is 4.99. The second-order valence-corrected chi connectivity index (χ2v) is 8.38. The van der Waals surface area contributed by atoms with Crippen LogP contribution in [0.1, 0.15) is 25.5 Å². The van der Waals surface area contributed by atoms with Gasteiger partial charge in [0.25, 0.3) is 10.0 Å². The maximum absolute atomic E-state index is 13.4. The Hall–Kier alpha value is -2.86. The van der Waals surface area contributed by atoms with Crippen molar-refractivity contribution in [2.75, 3.05) is 0 Å². The van der Waals surface area contributed by atoms with Crippen LogP contribution in [0.25, 0.3) is 21.8 Å². The summed E-state index contributed by atoms with van der Waals surface area (Å²) in [7, 11) is -3.79. The number of hydrogen-bond acceptors (Lipinski definition) is 3. The number of hydrogen-bond donors (Lipinski definition) is 0. The number of pyridine rings is 1. The Kier molecular flexibility index (Phi) is 4.36. The molecule has 0 fully saturated rings. The monoisotopic (exact) mass is 380 g/mol. The van der Waals surface area contributed by atoms with Gasteiger partial charge in [0.15, 0.2) is 11.9 Å². The van der Waals surface area contributed by atoms with Gasteiger partial charge in [-0.15, -0.1) is 0 Å². The maximum atomic E-state index is 13.4. The van der Waals surface area contributed by atoms with E-state index in [0.29, 0.717) is 28.5 Å². The predicted octanol–water partition coefficient (Wildman–Crippen LogP) is 4.01. The standard InChI is InChI=1S/C21H20N2O3S/c1-2-3-9-16-14-21-19(15-22(16)24)18-12-7-8-13-20(18)23(21)27(25,26)17-10-5-4-6-11-17/h4-8,10-15H,2-3,9H2,1H3. The number of para-hydroxylation sites is 1. The van der Waals surface area contributed by atoms with Crippen LogP contribution >= 0.6 is 0 Å². The summed E-state index contributed by atoms with van der Waals surface area (Å²) >= 11 is 0. The zero-order chi connectivity index (χ0) is 19.0. The van der Waals surface area contributed by atoms with Crippen molar-refractivity contribution in [2.45, 2.75) is 31.1 Å². The van der Waals surface area contributed by atoms with Crippen LogP contribution in [0.4, 0.5) is 0 Å². The molecule has 0 atom stereocenters. The molecule has 0 aliphatic carbocycles. The molecule has 0 spiro atoms. The van der Waals surface area contributed by atoms with Crippen molar-refractivity contribution < 1.29 is 13.1 Å². The Morgan fingerprint density at radius 1 is 0.963 bits per heavy atom. The van der Waals surface area contributed by atoms with Gasteiger partial charge in [-0.05, 0) is 24.6 Å². The lowest BCUT2D eigenvalue weighted by Gasteiger charge is -2.10.